The highest BCUT2D eigenvalue weighted by molar-refractivity contribution is 6.39. The summed E-state index contributed by atoms with van der Waals surface area (Å²) in [5, 5.41) is 12.6. The van der Waals surface area contributed by atoms with E-state index < -0.39 is 11.8 Å². The normalized spacial score (nSPS) is 10.4. The van der Waals surface area contributed by atoms with Gasteiger partial charge in [0, 0.05) is 31.2 Å². The van der Waals surface area contributed by atoms with Crippen LogP contribution in [0.3, 0.4) is 0 Å². The van der Waals surface area contributed by atoms with Crippen molar-refractivity contribution in [1.82, 2.24) is 29.6 Å². The van der Waals surface area contributed by atoms with Gasteiger partial charge < -0.3 is 15.2 Å². The Morgan fingerprint density at radius 2 is 1.92 bits per heavy atom. The molecule has 2 heterocycles. The van der Waals surface area contributed by atoms with Crippen LogP contribution in [-0.4, -0.2) is 42.7 Å². The van der Waals surface area contributed by atoms with Crippen molar-refractivity contribution in [2.24, 2.45) is 0 Å². The quantitative estimate of drug-likeness (QED) is 0.505. The first-order chi connectivity index (χ1) is 12.2. The lowest BCUT2D eigenvalue weighted by molar-refractivity contribution is -0.136. The van der Waals surface area contributed by atoms with E-state index in [0.29, 0.717) is 18.7 Å². The Hall–Kier alpha value is -3.49. The monoisotopic (exact) mass is 339 g/mol. The molecule has 3 rings (SSSR count). The van der Waals surface area contributed by atoms with Gasteiger partial charge >= 0.3 is 11.8 Å². The fourth-order valence-electron chi connectivity index (χ4n) is 2.23. The van der Waals surface area contributed by atoms with E-state index in [-0.39, 0.29) is 0 Å². The van der Waals surface area contributed by atoms with Crippen LogP contribution in [0.25, 0.3) is 5.69 Å². The van der Waals surface area contributed by atoms with Gasteiger partial charge in [-0.05, 0) is 24.6 Å². The number of imidazole rings is 1. The second kappa shape index (κ2) is 7.86. The molecule has 0 radical (unpaired) electrons. The minimum Gasteiger partial charge on any atom is -0.348 e. The number of hydrogen-bond acceptors (Lipinski definition) is 5. The van der Waals surface area contributed by atoms with Crippen LogP contribution in [-0.2, 0) is 16.1 Å². The number of nitrogens with one attached hydrogen (secondary N) is 2. The van der Waals surface area contributed by atoms with Crippen molar-refractivity contribution in [2.45, 2.75) is 13.0 Å². The maximum Gasteiger partial charge on any atom is 0.313 e. The molecule has 0 aliphatic rings. The fourth-order valence-corrected chi connectivity index (χ4v) is 2.23. The first-order valence-electron chi connectivity index (χ1n) is 7.72. The number of amides is 2. The summed E-state index contributed by atoms with van der Waals surface area (Å²) in [6, 6.07) is 7.05. The molecule has 2 N–H and O–H groups in total. The summed E-state index contributed by atoms with van der Waals surface area (Å²) in [6.45, 7) is 1.13. The summed E-state index contributed by atoms with van der Waals surface area (Å²) in [5.74, 6) is -1.37. The van der Waals surface area contributed by atoms with E-state index in [2.05, 4.69) is 25.8 Å². The molecule has 1 aromatic carbocycles. The molecule has 3 aromatic rings. The predicted octanol–water partition coefficient (Wildman–Crippen LogP) is 0.609. The first-order valence-corrected chi connectivity index (χ1v) is 7.72. The highest BCUT2D eigenvalue weighted by Gasteiger charge is 2.13. The third kappa shape index (κ3) is 4.50. The van der Waals surface area contributed by atoms with Gasteiger partial charge in [0.25, 0.3) is 0 Å². The Labute approximate surface area is 143 Å². The zero-order valence-corrected chi connectivity index (χ0v) is 13.4. The molecule has 9 heteroatoms. The summed E-state index contributed by atoms with van der Waals surface area (Å²) in [7, 11) is 0. The number of aromatic nitrogens is 5. The van der Waals surface area contributed by atoms with Gasteiger partial charge in [-0.1, -0.05) is 6.07 Å². The summed E-state index contributed by atoms with van der Waals surface area (Å²) >= 11 is 0. The molecule has 0 fully saturated rings. The average Bonchev–Trinajstić information content (AvgIpc) is 3.32. The van der Waals surface area contributed by atoms with Crippen LogP contribution in [0.2, 0.25) is 0 Å². The van der Waals surface area contributed by atoms with Gasteiger partial charge in [-0.2, -0.15) is 0 Å². The van der Waals surface area contributed by atoms with Crippen molar-refractivity contribution in [2.75, 3.05) is 11.9 Å². The highest BCUT2D eigenvalue weighted by atomic mass is 16.2. The van der Waals surface area contributed by atoms with Crippen LogP contribution in [0.15, 0.2) is 55.6 Å². The second-order valence-electron chi connectivity index (χ2n) is 5.28. The van der Waals surface area contributed by atoms with Crippen LogP contribution in [0.4, 0.5) is 5.69 Å². The zero-order valence-electron chi connectivity index (χ0n) is 13.4. The lowest BCUT2D eigenvalue weighted by Crippen LogP contribution is -2.36. The molecule has 0 bridgehead atoms. The van der Waals surface area contributed by atoms with Crippen LogP contribution < -0.4 is 10.6 Å². The van der Waals surface area contributed by atoms with Crippen LogP contribution >= 0.6 is 0 Å². The minimum absolute atomic E-state index is 0.408. The van der Waals surface area contributed by atoms with Gasteiger partial charge in [-0.15, -0.1) is 10.2 Å². The molecule has 25 heavy (non-hydrogen) atoms. The molecular formula is C16H17N7O2. The number of hydrogen-bond donors (Lipinski definition) is 2. The van der Waals surface area contributed by atoms with E-state index in [1.54, 1.807) is 47.9 Å². The van der Waals surface area contributed by atoms with Crippen molar-refractivity contribution in [1.29, 1.82) is 0 Å². The van der Waals surface area contributed by atoms with Gasteiger partial charge in [-0.25, -0.2) is 4.98 Å². The number of carbonyl (C=O) groups is 2. The largest absolute Gasteiger partial charge is 0.348 e. The maximum absolute atomic E-state index is 12.0. The molecule has 0 atom stereocenters. The Morgan fingerprint density at radius 1 is 1.08 bits per heavy atom. The molecular weight excluding hydrogens is 322 g/mol. The number of nitrogens with zero attached hydrogens (tertiary/aromatic N) is 5. The molecule has 0 aliphatic carbocycles. The summed E-state index contributed by atoms with van der Waals surface area (Å²) in [5.41, 5.74) is 1.30. The maximum atomic E-state index is 12.0. The number of anilines is 1. The van der Waals surface area contributed by atoms with E-state index in [1.165, 1.54) is 0 Å². The zero-order chi connectivity index (χ0) is 17.5. The molecule has 9 nitrogen and oxygen atoms in total. The summed E-state index contributed by atoms with van der Waals surface area (Å²) in [6.07, 6.45) is 9.05. The number of benzene rings is 1. The average molecular weight is 339 g/mol. The van der Waals surface area contributed by atoms with Gasteiger partial charge in [-0.3, -0.25) is 14.2 Å². The third-order valence-corrected chi connectivity index (χ3v) is 3.46. The van der Waals surface area contributed by atoms with Crippen LogP contribution in [0.5, 0.6) is 0 Å². The molecule has 0 unspecified atom stereocenters. The van der Waals surface area contributed by atoms with E-state index in [9.17, 15) is 9.59 Å². The fraction of sp³-hybridized carbons (Fsp3) is 0.188. The van der Waals surface area contributed by atoms with Crippen molar-refractivity contribution in [3.05, 3.63) is 55.6 Å². The van der Waals surface area contributed by atoms with Gasteiger partial charge in [0.2, 0.25) is 0 Å². The number of carbonyl (C=O) groups excluding carboxylic acids is 2. The SMILES string of the molecule is O=C(NCCCn1ccnc1)C(=O)Nc1cccc(-n2cnnc2)c1. The lowest BCUT2D eigenvalue weighted by atomic mass is 10.2. The van der Waals surface area contributed by atoms with Crippen LogP contribution in [0, 0.1) is 0 Å². The molecule has 0 spiro atoms. The van der Waals surface area contributed by atoms with Gasteiger partial charge in [0.05, 0.1) is 12.0 Å². The number of aryl methyl sites for hydroxylation is 1. The van der Waals surface area contributed by atoms with Crippen LogP contribution in [0.1, 0.15) is 6.42 Å². The number of rotatable bonds is 6. The molecule has 0 aliphatic heterocycles. The Kier molecular flexibility index (Phi) is 5.15. The van der Waals surface area contributed by atoms with E-state index in [1.807, 2.05) is 16.8 Å². The summed E-state index contributed by atoms with van der Waals surface area (Å²) < 4.78 is 3.61. The van der Waals surface area contributed by atoms with Crippen molar-refractivity contribution < 1.29 is 9.59 Å². The van der Waals surface area contributed by atoms with Gasteiger partial charge in [0.15, 0.2) is 0 Å². The minimum atomic E-state index is -0.705. The predicted molar refractivity (Wildman–Crippen MR) is 89.8 cm³/mol. The third-order valence-electron chi connectivity index (χ3n) is 3.46. The second-order valence-corrected chi connectivity index (χ2v) is 5.28. The van der Waals surface area contributed by atoms with E-state index in [4.69, 9.17) is 0 Å². The highest BCUT2D eigenvalue weighted by Crippen LogP contribution is 2.13. The van der Waals surface area contributed by atoms with E-state index >= 15 is 0 Å². The van der Waals surface area contributed by atoms with Crippen molar-refractivity contribution in [3.63, 3.8) is 0 Å². The van der Waals surface area contributed by atoms with Gasteiger partial charge in [0.1, 0.15) is 12.7 Å². The van der Waals surface area contributed by atoms with Crippen molar-refractivity contribution in [3.8, 4) is 5.69 Å². The topological polar surface area (TPSA) is 107 Å². The van der Waals surface area contributed by atoms with E-state index in [0.717, 1.165) is 12.2 Å². The van der Waals surface area contributed by atoms with Crippen molar-refractivity contribution >= 4 is 17.5 Å². The molecule has 0 saturated carbocycles. The smallest absolute Gasteiger partial charge is 0.313 e. The molecule has 0 saturated heterocycles. The Bertz CT molecular complexity index is 828. The Morgan fingerprint density at radius 3 is 2.68 bits per heavy atom. The summed E-state index contributed by atoms with van der Waals surface area (Å²) in [4.78, 5) is 27.8. The molecule has 2 amide bonds. The standard InChI is InChI=1S/C16H17N7O2/c24-15(18-5-2-7-22-8-6-17-10-22)16(25)21-13-3-1-4-14(9-13)23-11-19-20-12-23/h1,3-4,6,8-12H,2,5,7H2,(H,18,24)(H,21,25). The molecule has 2 aromatic heterocycles. The Balaban J connectivity index is 1.48. The lowest BCUT2D eigenvalue weighted by Gasteiger charge is -2.08. The first kappa shape index (κ1) is 16.4. The molecule has 128 valence electrons.